The lowest BCUT2D eigenvalue weighted by Crippen LogP contribution is -2.58. The van der Waals surface area contributed by atoms with E-state index in [0.29, 0.717) is 31.4 Å². The fourth-order valence-electron chi connectivity index (χ4n) is 4.77. The van der Waals surface area contributed by atoms with Crippen molar-refractivity contribution in [1.29, 1.82) is 0 Å². The van der Waals surface area contributed by atoms with Gasteiger partial charge in [-0.2, -0.15) is 4.31 Å². The number of amides is 2. The van der Waals surface area contributed by atoms with Crippen LogP contribution in [-0.2, 0) is 21.2 Å². The van der Waals surface area contributed by atoms with Crippen molar-refractivity contribution >= 4 is 22.0 Å². The quantitative estimate of drug-likeness (QED) is 0.176. The molecule has 1 unspecified atom stereocenters. The molecule has 2 amide bonds. The maximum atomic E-state index is 14.1. The van der Waals surface area contributed by atoms with E-state index in [-0.39, 0.29) is 29.8 Å². The van der Waals surface area contributed by atoms with Crippen LogP contribution in [-0.4, -0.2) is 85.6 Å². The van der Waals surface area contributed by atoms with Gasteiger partial charge in [-0.25, -0.2) is 13.2 Å². The molecule has 0 bridgehead atoms. The third-order valence-electron chi connectivity index (χ3n) is 7.46. The molecule has 0 fully saturated rings. The Bertz CT molecular complexity index is 1320. The molecular formula is C29H42N4O8S. The third-order valence-corrected chi connectivity index (χ3v) is 9.30. The minimum absolute atomic E-state index is 0.00243. The molecule has 232 valence electrons. The molecule has 1 heterocycles. The van der Waals surface area contributed by atoms with Crippen molar-refractivity contribution < 1.29 is 37.7 Å². The monoisotopic (exact) mass is 606 g/mol. The Labute approximate surface area is 247 Å². The number of carbonyl (C=O) groups is 2. The van der Waals surface area contributed by atoms with Crippen LogP contribution in [0.1, 0.15) is 45.1 Å². The molecule has 1 aliphatic rings. The van der Waals surface area contributed by atoms with Gasteiger partial charge in [-0.1, -0.05) is 50.6 Å². The number of nitrogens with one attached hydrogen (secondary N) is 1. The zero-order valence-electron chi connectivity index (χ0n) is 24.5. The molecule has 0 spiro atoms. The Kier molecular flexibility index (Phi) is 11.2. The average molecular weight is 607 g/mol. The first-order valence-electron chi connectivity index (χ1n) is 13.8. The molecular weight excluding hydrogens is 564 g/mol. The van der Waals surface area contributed by atoms with Crippen LogP contribution in [0.4, 0.5) is 4.79 Å². The highest BCUT2D eigenvalue weighted by atomic mass is 32.2. The highest BCUT2D eigenvalue weighted by Gasteiger charge is 2.41. The van der Waals surface area contributed by atoms with Gasteiger partial charge in [0, 0.05) is 33.1 Å². The van der Waals surface area contributed by atoms with Crippen molar-refractivity contribution in [3.63, 3.8) is 0 Å². The summed E-state index contributed by atoms with van der Waals surface area (Å²) in [6.45, 7) is 3.15. The van der Waals surface area contributed by atoms with Crippen LogP contribution < -0.4 is 20.5 Å². The van der Waals surface area contributed by atoms with Crippen LogP contribution in [0, 0.1) is 5.41 Å². The molecule has 12 nitrogen and oxygen atoms in total. The van der Waals surface area contributed by atoms with E-state index in [2.05, 4.69) is 5.32 Å². The Morgan fingerprint density at radius 1 is 1.07 bits per heavy atom. The summed E-state index contributed by atoms with van der Waals surface area (Å²) >= 11 is 0. The van der Waals surface area contributed by atoms with Crippen LogP contribution in [0.2, 0.25) is 0 Å². The fraction of sp³-hybridized carbons (Fsp3) is 0.517. The van der Waals surface area contributed by atoms with Gasteiger partial charge in [-0.15, -0.1) is 0 Å². The zero-order chi connectivity index (χ0) is 31.1. The largest absolute Gasteiger partial charge is 0.465 e. The lowest BCUT2D eigenvalue weighted by molar-refractivity contribution is -0.128. The zero-order valence-corrected chi connectivity index (χ0v) is 25.3. The number of fused-ring (bicyclic) bond motifs is 1. The lowest BCUT2D eigenvalue weighted by Gasteiger charge is -2.40. The number of carboxylic acid groups (broad SMARTS) is 1. The molecule has 0 radical (unpaired) electrons. The van der Waals surface area contributed by atoms with Crippen LogP contribution in [0.3, 0.4) is 0 Å². The lowest BCUT2D eigenvalue weighted by atomic mass is 9.83. The number of aliphatic hydroxyl groups is 1. The van der Waals surface area contributed by atoms with Crippen LogP contribution >= 0.6 is 0 Å². The van der Waals surface area contributed by atoms with Crippen LogP contribution in [0.15, 0.2) is 53.4 Å². The fourth-order valence-corrected chi connectivity index (χ4v) is 6.47. The summed E-state index contributed by atoms with van der Waals surface area (Å²) in [5.74, 6) is 0.679. The van der Waals surface area contributed by atoms with E-state index in [4.69, 9.17) is 15.2 Å². The summed E-state index contributed by atoms with van der Waals surface area (Å²) in [7, 11) is -0.931. The van der Waals surface area contributed by atoms with E-state index in [9.17, 15) is 28.2 Å². The molecule has 1 aliphatic heterocycles. The molecule has 13 heteroatoms. The maximum absolute atomic E-state index is 14.1. The molecule has 3 rings (SSSR count). The van der Waals surface area contributed by atoms with Gasteiger partial charge in [0.2, 0.25) is 22.7 Å². The molecule has 0 aromatic heterocycles. The number of aliphatic hydroxyl groups excluding tert-OH is 1. The van der Waals surface area contributed by atoms with Gasteiger partial charge in [0.05, 0.1) is 23.2 Å². The van der Waals surface area contributed by atoms with Crippen molar-refractivity contribution in [2.24, 2.45) is 11.1 Å². The molecule has 5 N–H and O–H groups in total. The Morgan fingerprint density at radius 2 is 1.74 bits per heavy atom. The van der Waals surface area contributed by atoms with E-state index in [1.807, 2.05) is 19.9 Å². The van der Waals surface area contributed by atoms with Gasteiger partial charge in [0.25, 0.3) is 0 Å². The smallest absolute Gasteiger partial charge is 0.404 e. The van der Waals surface area contributed by atoms with E-state index < -0.39 is 46.4 Å². The van der Waals surface area contributed by atoms with E-state index in [1.54, 1.807) is 38.4 Å². The van der Waals surface area contributed by atoms with Gasteiger partial charge in [0.15, 0.2) is 11.5 Å². The van der Waals surface area contributed by atoms with Crippen molar-refractivity contribution in [2.75, 3.05) is 27.4 Å². The predicted molar refractivity (Wildman–Crippen MR) is 156 cm³/mol. The number of nitrogens with zero attached hydrogens (tertiary/aromatic N) is 2. The summed E-state index contributed by atoms with van der Waals surface area (Å²) in [6.07, 6.45) is -1.68. The second-order valence-corrected chi connectivity index (χ2v) is 13.2. The van der Waals surface area contributed by atoms with Gasteiger partial charge < -0.3 is 35.6 Å². The topological polar surface area (TPSA) is 172 Å². The van der Waals surface area contributed by atoms with Crippen molar-refractivity contribution in [2.45, 2.75) is 69.2 Å². The summed E-state index contributed by atoms with van der Waals surface area (Å²) < 4.78 is 39.9. The number of hydrogen-bond acceptors (Lipinski definition) is 8. The molecule has 2 aromatic carbocycles. The number of unbranched alkanes of at least 4 members (excludes halogenated alkanes) is 1. The molecule has 0 aliphatic carbocycles. The third kappa shape index (κ3) is 8.57. The number of nitrogens with two attached hydrogens (primary N) is 1. The summed E-state index contributed by atoms with van der Waals surface area (Å²) in [6, 6.07) is 12.2. The van der Waals surface area contributed by atoms with Crippen molar-refractivity contribution in [3.05, 3.63) is 54.1 Å². The molecule has 0 saturated heterocycles. The molecule has 2 aromatic rings. The maximum Gasteiger partial charge on any atom is 0.404 e. The highest BCUT2D eigenvalue weighted by Crippen LogP contribution is 2.37. The average Bonchev–Trinajstić information content (AvgIpc) is 3.41. The highest BCUT2D eigenvalue weighted by molar-refractivity contribution is 7.89. The standard InChI is InChI=1S/C29H42N4O8S/c1-29(2,15-9-8-12-26(35)32(3)4)27(30)33(42(38,39)21-13-14-24-25(17-21)41-19-40-24)18-23(34)22(31-28(36)37)16-20-10-6-5-7-11-20/h5-7,10-11,13-14,17,22-23,27,31,34H,8-9,12,15-16,18-19,30H2,1-4H3,(H,36,37)/t22-,23+,27?/m0/s1. The summed E-state index contributed by atoms with van der Waals surface area (Å²) in [5.41, 5.74) is 6.68. The van der Waals surface area contributed by atoms with E-state index in [0.717, 1.165) is 9.87 Å². The number of sulfonamides is 1. The van der Waals surface area contributed by atoms with Crippen molar-refractivity contribution in [3.8, 4) is 11.5 Å². The van der Waals surface area contributed by atoms with E-state index in [1.165, 1.54) is 23.1 Å². The second kappa shape index (κ2) is 14.2. The number of rotatable bonds is 15. The van der Waals surface area contributed by atoms with Gasteiger partial charge in [0.1, 0.15) is 0 Å². The van der Waals surface area contributed by atoms with Crippen molar-refractivity contribution in [1.82, 2.24) is 14.5 Å². The normalized spacial score (nSPS) is 15.2. The molecule has 42 heavy (non-hydrogen) atoms. The number of ether oxygens (including phenoxy) is 2. The van der Waals surface area contributed by atoms with Crippen LogP contribution in [0.25, 0.3) is 0 Å². The molecule has 0 saturated carbocycles. The van der Waals surface area contributed by atoms with Gasteiger partial charge >= 0.3 is 6.09 Å². The van der Waals surface area contributed by atoms with Gasteiger partial charge in [-0.3, -0.25) is 4.79 Å². The number of carbonyl (C=O) groups excluding carboxylic acids is 1. The molecule has 3 atom stereocenters. The first-order chi connectivity index (χ1) is 19.7. The first kappa shape index (κ1) is 33.1. The second-order valence-electron chi connectivity index (χ2n) is 11.3. The number of benzene rings is 2. The van der Waals surface area contributed by atoms with E-state index >= 15 is 0 Å². The minimum atomic E-state index is -4.31. The predicted octanol–water partition coefficient (Wildman–Crippen LogP) is 2.61. The Balaban J connectivity index is 1.90. The number of hydrogen-bond donors (Lipinski definition) is 4. The first-order valence-corrected chi connectivity index (χ1v) is 15.2. The summed E-state index contributed by atoms with van der Waals surface area (Å²) in [4.78, 5) is 25.0. The SMILES string of the molecule is CN(C)C(=O)CCCCC(C)(C)C(N)N(C[C@@H](O)[C@H](Cc1ccccc1)NC(=O)O)S(=O)(=O)c1ccc2c(c1)OCO2. The van der Waals surface area contributed by atoms with Crippen LogP contribution in [0.5, 0.6) is 11.5 Å². The van der Waals surface area contributed by atoms with Gasteiger partial charge in [-0.05, 0) is 42.4 Å². The summed E-state index contributed by atoms with van der Waals surface area (Å²) in [5, 5.41) is 23.1. The minimum Gasteiger partial charge on any atom is -0.465 e. The Hall–Kier alpha value is -3.39. The Morgan fingerprint density at radius 3 is 2.38 bits per heavy atom.